The van der Waals surface area contributed by atoms with E-state index in [1.165, 1.54) is 5.69 Å². The molecule has 0 bridgehead atoms. The molecule has 37 heavy (non-hydrogen) atoms. The van der Waals surface area contributed by atoms with E-state index in [4.69, 9.17) is 4.74 Å². The Kier molecular flexibility index (Phi) is 6.00. The lowest BCUT2D eigenvalue weighted by molar-refractivity contribution is 0.0683. The zero-order valence-electron chi connectivity index (χ0n) is 21.1. The van der Waals surface area contributed by atoms with E-state index in [0.717, 1.165) is 72.9 Å². The third-order valence-electron chi connectivity index (χ3n) is 7.41. The summed E-state index contributed by atoms with van der Waals surface area (Å²) < 4.78 is 8.27. The van der Waals surface area contributed by atoms with Crippen LogP contribution in [0.4, 0.5) is 5.69 Å². The smallest absolute Gasteiger partial charge is 0.356 e. The first-order valence-corrected chi connectivity index (χ1v) is 12.8. The first kappa shape index (κ1) is 23.4. The predicted octanol–water partition coefficient (Wildman–Crippen LogP) is 4.03. The van der Waals surface area contributed by atoms with Crippen LogP contribution in [0.2, 0.25) is 0 Å². The summed E-state index contributed by atoms with van der Waals surface area (Å²) in [7, 11) is 0. The summed E-state index contributed by atoms with van der Waals surface area (Å²) in [6.45, 7) is 8.71. The fraction of sp³-hybridized carbons (Fsp3) is 0.357. The predicted molar refractivity (Wildman–Crippen MR) is 141 cm³/mol. The van der Waals surface area contributed by atoms with E-state index >= 15 is 0 Å². The molecule has 1 N–H and O–H groups in total. The van der Waals surface area contributed by atoms with Crippen molar-refractivity contribution in [3.63, 3.8) is 0 Å². The highest BCUT2D eigenvalue weighted by atomic mass is 16.5. The molecule has 190 valence electrons. The van der Waals surface area contributed by atoms with Crippen molar-refractivity contribution < 1.29 is 14.6 Å². The lowest BCUT2D eigenvalue weighted by Crippen LogP contribution is -2.47. The number of imidazole rings is 1. The summed E-state index contributed by atoms with van der Waals surface area (Å²) in [4.78, 5) is 29.8. The number of aromatic nitrogens is 4. The van der Waals surface area contributed by atoms with Crippen LogP contribution in [0.15, 0.2) is 48.9 Å². The van der Waals surface area contributed by atoms with Gasteiger partial charge in [0.1, 0.15) is 24.0 Å². The number of rotatable bonds is 6. The quantitative estimate of drug-likeness (QED) is 0.426. The van der Waals surface area contributed by atoms with Crippen molar-refractivity contribution in [1.29, 1.82) is 0 Å². The topological polar surface area (TPSA) is 96.6 Å². The number of benzene rings is 2. The van der Waals surface area contributed by atoms with E-state index in [1.807, 2.05) is 42.8 Å². The fourth-order valence-electron chi connectivity index (χ4n) is 5.49. The zero-order valence-corrected chi connectivity index (χ0v) is 21.1. The normalized spacial score (nSPS) is 17.4. The lowest BCUT2D eigenvalue weighted by Gasteiger charge is -2.36. The van der Waals surface area contributed by atoms with E-state index in [-0.39, 0.29) is 11.8 Å². The van der Waals surface area contributed by atoms with E-state index in [0.29, 0.717) is 12.1 Å². The number of nitrogens with zero attached hydrogens (tertiary/aromatic N) is 6. The molecule has 1 saturated heterocycles. The monoisotopic (exact) mass is 498 g/mol. The first-order valence-electron chi connectivity index (χ1n) is 12.8. The van der Waals surface area contributed by atoms with Gasteiger partial charge in [-0.3, -0.25) is 9.47 Å². The number of ether oxygens (including phenoxy) is 1. The third kappa shape index (κ3) is 4.19. The van der Waals surface area contributed by atoms with Crippen LogP contribution in [-0.4, -0.2) is 68.2 Å². The zero-order chi connectivity index (χ0) is 25.5. The van der Waals surface area contributed by atoms with Crippen LogP contribution < -0.4 is 9.64 Å². The van der Waals surface area contributed by atoms with Crippen LogP contribution >= 0.6 is 0 Å². The molecule has 0 saturated carbocycles. The summed E-state index contributed by atoms with van der Waals surface area (Å²) in [6.07, 6.45) is 4.73. The highest BCUT2D eigenvalue weighted by molar-refractivity contribution is 5.91. The number of carbonyl (C=O) groups is 1. The summed E-state index contributed by atoms with van der Waals surface area (Å²) >= 11 is 0. The molecule has 2 aromatic carbocycles. The second-order valence-corrected chi connectivity index (χ2v) is 9.64. The molecular formula is C28H30N6O3. The maximum absolute atomic E-state index is 11.7. The molecule has 0 spiro atoms. The second kappa shape index (κ2) is 9.48. The van der Waals surface area contributed by atoms with Gasteiger partial charge in [0.25, 0.3) is 0 Å². The Labute approximate surface area is 215 Å². The molecule has 0 aliphatic carbocycles. The van der Waals surface area contributed by atoms with Crippen LogP contribution in [0, 0.1) is 6.92 Å². The summed E-state index contributed by atoms with van der Waals surface area (Å²) in [6, 6.07) is 12.4. The molecule has 2 aliphatic rings. The molecule has 2 aromatic heterocycles. The minimum absolute atomic E-state index is 0.0636. The summed E-state index contributed by atoms with van der Waals surface area (Å²) in [5.74, 6) is 0.597. The number of piperazine rings is 1. The number of anilines is 1. The molecule has 1 fully saturated rings. The molecule has 6 rings (SSSR count). The Morgan fingerprint density at radius 1 is 1.08 bits per heavy atom. The van der Waals surface area contributed by atoms with Gasteiger partial charge in [-0.05, 0) is 43.5 Å². The molecule has 4 heterocycles. The summed E-state index contributed by atoms with van der Waals surface area (Å²) in [5, 5.41) is 10.7. The van der Waals surface area contributed by atoms with Gasteiger partial charge in [-0.25, -0.2) is 19.7 Å². The van der Waals surface area contributed by atoms with E-state index in [1.54, 1.807) is 6.33 Å². The van der Waals surface area contributed by atoms with Gasteiger partial charge in [-0.2, -0.15) is 0 Å². The number of hydrogen-bond acceptors (Lipinski definition) is 7. The molecule has 1 atom stereocenters. The van der Waals surface area contributed by atoms with Crippen LogP contribution in [0.25, 0.3) is 16.6 Å². The third-order valence-corrected chi connectivity index (χ3v) is 7.41. The number of carboxylic acid groups (broad SMARTS) is 1. The van der Waals surface area contributed by atoms with Crippen LogP contribution in [0.5, 0.6) is 5.75 Å². The minimum atomic E-state index is -1.03. The van der Waals surface area contributed by atoms with Gasteiger partial charge in [0.05, 0.1) is 16.9 Å². The fourth-order valence-corrected chi connectivity index (χ4v) is 5.49. The second-order valence-electron chi connectivity index (χ2n) is 9.64. The molecule has 0 radical (unpaired) electrons. The highest BCUT2D eigenvalue weighted by Crippen LogP contribution is 2.40. The van der Waals surface area contributed by atoms with E-state index in [9.17, 15) is 9.90 Å². The Hall–Kier alpha value is -3.98. The summed E-state index contributed by atoms with van der Waals surface area (Å²) in [5.41, 5.74) is 4.86. The Morgan fingerprint density at radius 2 is 1.86 bits per heavy atom. The lowest BCUT2D eigenvalue weighted by atomic mass is 10.0. The van der Waals surface area contributed by atoms with Crippen LogP contribution in [0.3, 0.4) is 0 Å². The van der Waals surface area contributed by atoms with Gasteiger partial charge in [-0.15, -0.1) is 0 Å². The van der Waals surface area contributed by atoms with Gasteiger partial charge in [0.15, 0.2) is 5.69 Å². The molecule has 2 aliphatic heterocycles. The van der Waals surface area contributed by atoms with Gasteiger partial charge >= 0.3 is 5.97 Å². The number of aromatic carboxylic acids is 1. The number of hydrogen-bond donors (Lipinski definition) is 1. The Balaban J connectivity index is 1.16. The van der Waals surface area contributed by atoms with Crippen molar-refractivity contribution >= 4 is 22.6 Å². The average Bonchev–Trinajstić information content (AvgIpc) is 3.37. The van der Waals surface area contributed by atoms with Gasteiger partial charge in [0.2, 0.25) is 0 Å². The van der Waals surface area contributed by atoms with Gasteiger partial charge in [0, 0.05) is 50.0 Å². The molecule has 1 unspecified atom stereocenters. The van der Waals surface area contributed by atoms with Gasteiger partial charge in [-0.1, -0.05) is 25.1 Å². The molecule has 9 nitrogen and oxygen atoms in total. The largest absolute Gasteiger partial charge is 0.482 e. The van der Waals surface area contributed by atoms with Crippen molar-refractivity contribution in [2.75, 3.05) is 37.6 Å². The van der Waals surface area contributed by atoms with E-state index < -0.39 is 5.97 Å². The molecular weight excluding hydrogens is 468 g/mol. The minimum Gasteiger partial charge on any atom is -0.482 e. The Bertz CT molecular complexity index is 1470. The number of fused-ring (bicyclic) bond motifs is 4. The number of aryl methyl sites for hydroxylation is 1. The van der Waals surface area contributed by atoms with Crippen LogP contribution in [0.1, 0.15) is 47.0 Å². The number of carboxylic acids is 1. The van der Waals surface area contributed by atoms with Crippen molar-refractivity contribution in [3.8, 4) is 11.4 Å². The Morgan fingerprint density at radius 3 is 2.65 bits per heavy atom. The molecule has 4 aromatic rings. The standard InChI is InChI=1S/C28H30N6O3/c1-3-24-26-25(28(35)36)30-17-34(26)23-9-4-6-19(27(23)37-24)10-11-32-12-14-33(15-13-32)22-8-5-7-21-20(22)16-29-18(2)31-21/h4-9,16-17,24H,3,10-15H2,1-2H3,(H,35,36). The molecule has 0 amide bonds. The van der Waals surface area contributed by atoms with Crippen molar-refractivity contribution in [2.45, 2.75) is 32.8 Å². The van der Waals surface area contributed by atoms with Crippen molar-refractivity contribution in [2.24, 2.45) is 0 Å². The SMILES string of the molecule is CCC1Oc2c(CCN3CCN(c4cccc5nc(C)ncc45)CC3)cccc2-n2cnc(C(=O)O)c21. The van der Waals surface area contributed by atoms with Crippen LogP contribution in [-0.2, 0) is 6.42 Å². The van der Waals surface area contributed by atoms with Crippen molar-refractivity contribution in [1.82, 2.24) is 24.4 Å². The number of para-hydroxylation sites is 1. The maximum atomic E-state index is 11.7. The average molecular weight is 499 g/mol. The molecule has 9 heteroatoms. The highest BCUT2D eigenvalue weighted by Gasteiger charge is 2.32. The first-order chi connectivity index (χ1) is 18.0. The van der Waals surface area contributed by atoms with Crippen molar-refractivity contribution in [3.05, 3.63) is 71.7 Å². The maximum Gasteiger partial charge on any atom is 0.356 e. The van der Waals surface area contributed by atoms with E-state index in [2.05, 4.69) is 43.0 Å². The van der Waals surface area contributed by atoms with Gasteiger partial charge < -0.3 is 14.7 Å².